The summed E-state index contributed by atoms with van der Waals surface area (Å²) in [6, 6.07) is 64.1. The summed E-state index contributed by atoms with van der Waals surface area (Å²) in [4.78, 5) is 0. The van der Waals surface area contributed by atoms with E-state index in [2.05, 4.69) is 180 Å². The van der Waals surface area contributed by atoms with Crippen LogP contribution in [0.5, 0.6) is 5.75 Å². The van der Waals surface area contributed by atoms with Crippen LogP contribution in [0.15, 0.2) is 182 Å². The van der Waals surface area contributed by atoms with Gasteiger partial charge in [-0.15, -0.1) is 17.0 Å². The Morgan fingerprint density at radius 2 is 1.09 bits per heavy atom. The molecule has 1 radical (unpaired) electrons. The van der Waals surface area contributed by atoms with Crippen molar-refractivity contribution < 1.29 is 23.7 Å². The molecule has 259 valence electrons. The third-order valence-electron chi connectivity index (χ3n) is 10.8. The van der Waals surface area contributed by atoms with Gasteiger partial charge >= 0.3 is 0 Å². The fraction of sp³-hybridized carbons (Fsp3) is 0. The first-order valence-electron chi connectivity index (χ1n) is 18.2. The summed E-state index contributed by atoms with van der Waals surface area (Å²) in [5, 5.41) is 26.8. The Morgan fingerprint density at radius 1 is 0.455 bits per heavy atom. The molecule has 0 atom stereocenters. The Kier molecular flexibility index (Phi) is 8.00. The molecule has 9 aromatic carbocycles. The van der Waals surface area contributed by atoms with Crippen molar-refractivity contribution in [3.8, 4) is 33.7 Å². The van der Waals surface area contributed by atoms with Gasteiger partial charge in [0.15, 0.2) is 0 Å². The normalized spacial score (nSPS) is 11.6. The van der Waals surface area contributed by atoms with E-state index in [1.165, 1.54) is 48.1 Å². The van der Waals surface area contributed by atoms with Crippen molar-refractivity contribution in [3.63, 3.8) is 0 Å². The van der Waals surface area contributed by atoms with Gasteiger partial charge in [0.2, 0.25) is 0 Å². The molecule has 0 fully saturated rings. The molecular weight excluding hydrogens is 728 g/mol. The first-order valence-corrected chi connectivity index (χ1v) is 19.0. The third-order valence-corrected chi connectivity index (χ3v) is 11.9. The number of aromatic nitrogens is 1. The summed E-state index contributed by atoms with van der Waals surface area (Å²) in [6.45, 7) is 0. The zero-order valence-electron chi connectivity index (χ0n) is 29.5. The van der Waals surface area contributed by atoms with Gasteiger partial charge < -0.3 is 15.0 Å². The Morgan fingerprint density at radius 3 is 1.87 bits per heavy atom. The number of rotatable bonds is 5. The maximum Gasteiger partial charge on any atom is 0.109 e. The molecule has 11 rings (SSSR count). The summed E-state index contributed by atoms with van der Waals surface area (Å²) in [7, 11) is 0. The number of nitrogens with zero attached hydrogens (tertiary/aromatic N) is 2. The first kappa shape index (κ1) is 33.3. The van der Waals surface area contributed by atoms with Crippen LogP contribution < -0.4 is 0 Å². The zero-order chi connectivity index (χ0) is 35.8. The molecule has 0 saturated heterocycles. The number of fused-ring (bicyclic) bond motifs is 9. The summed E-state index contributed by atoms with van der Waals surface area (Å²) in [6.07, 6.45) is 0. The first-order chi connectivity index (χ1) is 26.7. The second kappa shape index (κ2) is 13.2. The fourth-order valence-corrected chi connectivity index (χ4v) is 9.36. The molecule has 11 aromatic rings. The van der Waals surface area contributed by atoms with Crippen molar-refractivity contribution in [3.05, 3.63) is 187 Å². The molecule has 0 aliphatic rings. The van der Waals surface area contributed by atoms with Gasteiger partial charge in [0.1, 0.15) is 5.75 Å². The Balaban J connectivity index is 0.00000372. The van der Waals surface area contributed by atoms with Crippen molar-refractivity contribution in [2.75, 3.05) is 0 Å². The summed E-state index contributed by atoms with van der Waals surface area (Å²) in [5.74, 6) is 0.184. The number of benzene rings is 9. The number of aromatic hydroxyl groups is 1. The second-order valence-corrected chi connectivity index (χ2v) is 15.0. The minimum Gasteiger partial charge on any atom is -0.654 e. The molecule has 0 amide bonds. The van der Waals surface area contributed by atoms with E-state index in [-0.39, 0.29) is 24.3 Å². The molecule has 2 heterocycles. The van der Waals surface area contributed by atoms with Crippen molar-refractivity contribution in [2.24, 2.45) is 0 Å². The molecule has 0 aliphatic carbocycles. The summed E-state index contributed by atoms with van der Waals surface area (Å²) < 4.78 is 4.63. The van der Waals surface area contributed by atoms with Crippen molar-refractivity contribution in [2.45, 2.75) is 0 Å². The molecule has 3 nitrogen and oxygen atoms in total. The topological polar surface area (TPSA) is 39.3 Å². The SMILES string of the molecule is Oc1c(-c2ccc(-c3ccccc3)cc2)cc2sc3ccccc3c2c1[N-]c1ccc(-n2c3cc4ccccc4cc3c3c4ccccc4ccc32)cc1.[V]. The third kappa shape index (κ3) is 5.41. The molecule has 0 saturated carbocycles. The number of hydrogen-bond donors (Lipinski definition) is 1. The molecule has 0 unspecified atom stereocenters. The van der Waals surface area contributed by atoms with Crippen molar-refractivity contribution in [1.29, 1.82) is 0 Å². The zero-order valence-corrected chi connectivity index (χ0v) is 31.7. The molecule has 0 bridgehead atoms. The van der Waals surface area contributed by atoms with E-state index in [1.807, 2.05) is 6.07 Å². The van der Waals surface area contributed by atoms with Gasteiger partial charge in [-0.1, -0.05) is 145 Å². The van der Waals surface area contributed by atoms with E-state index in [1.54, 1.807) is 11.3 Å². The van der Waals surface area contributed by atoms with Gasteiger partial charge in [0, 0.05) is 50.0 Å². The number of hydrogen-bond acceptors (Lipinski definition) is 2. The van der Waals surface area contributed by atoms with Crippen LogP contribution in [-0.2, 0) is 18.6 Å². The number of phenolic OH excluding ortho intramolecular Hbond substituents is 1. The molecular formula is C50H31N2OSV-. The van der Waals surface area contributed by atoms with Crippen LogP contribution in [0.1, 0.15) is 0 Å². The average molecular weight is 759 g/mol. The van der Waals surface area contributed by atoms with Crippen LogP contribution >= 0.6 is 11.3 Å². The number of thiophene rings is 1. The quantitative estimate of drug-likeness (QED) is 0.187. The summed E-state index contributed by atoms with van der Waals surface area (Å²) >= 11 is 1.73. The van der Waals surface area contributed by atoms with E-state index in [0.717, 1.165) is 49.1 Å². The number of phenols is 1. The standard InChI is InChI=1S/C50H31N2OS.V/c53-50-41(34-20-18-32(19-21-34)31-10-2-1-3-11-31)30-46-48(40-16-8-9-17-45(40)54-46)49(50)51-37-23-25-38(26-24-37)52-43-27-22-33-12-6-7-15-39(33)47(43)42-28-35-13-4-5-14-36(35)29-44(42)52;/h1-30,53H;/q-1;. The van der Waals surface area contributed by atoms with E-state index >= 15 is 0 Å². The summed E-state index contributed by atoms with van der Waals surface area (Å²) in [5.41, 5.74) is 8.78. The maximum atomic E-state index is 12.1. The van der Waals surface area contributed by atoms with E-state index in [9.17, 15) is 5.11 Å². The van der Waals surface area contributed by atoms with E-state index < -0.39 is 0 Å². The van der Waals surface area contributed by atoms with Crippen LogP contribution in [0.25, 0.3) is 96.8 Å². The van der Waals surface area contributed by atoms with E-state index in [0.29, 0.717) is 5.69 Å². The smallest absolute Gasteiger partial charge is 0.109 e. The van der Waals surface area contributed by atoms with Crippen molar-refractivity contribution in [1.82, 2.24) is 4.57 Å². The van der Waals surface area contributed by atoms with Gasteiger partial charge in [0.05, 0.1) is 11.0 Å². The van der Waals surface area contributed by atoms with Crippen LogP contribution in [0, 0.1) is 0 Å². The molecule has 2 aromatic heterocycles. The van der Waals surface area contributed by atoms with Crippen LogP contribution in [0.4, 0.5) is 11.4 Å². The van der Waals surface area contributed by atoms with Crippen LogP contribution in [-0.4, -0.2) is 9.67 Å². The minimum absolute atomic E-state index is 0. The maximum absolute atomic E-state index is 12.1. The molecule has 1 N–H and O–H groups in total. The van der Waals surface area contributed by atoms with Gasteiger partial charge in [0.25, 0.3) is 0 Å². The average Bonchev–Trinajstić information content (AvgIpc) is 3.77. The van der Waals surface area contributed by atoms with Crippen LogP contribution in [0.2, 0.25) is 0 Å². The Bertz CT molecular complexity index is 3240. The predicted octanol–water partition coefficient (Wildman–Crippen LogP) is 14.8. The second-order valence-electron chi connectivity index (χ2n) is 13.9. The molecule has 55 heavy (non-hydrogen) atoms. The van der Waals surface area contributed by atoms with Gasteiger partial charge in [-0.2, -0.15) is 0 Å². The molecule has 5 heteroatoms. The Labute approximate surface area is 333 Å². The van der Waals surface area contributed by atoms with Gasteiger partial charge in [-0.3, -0.25) is 0 Å². The van der Waals surface area contributed by atoms with Crippen molar-refractivity contribution >= 4 is 86.2 Å². The predicted molar refractivity (Wildman–Crippen MR) is 230 cm³/mol. The Hall–Kier alpha value is -6.30. The van der Waals surface area contributed by atoms with Gasteiger partial charge in [-0.25, -0.2) is 0 Å². The molecule has 0 spiro atoms. The van der Waals surface area contributed by atoms with Crippen LogP contribution in [0.3, 0.4) is 0 Å². The largest absolute Gasteiger partial charge is 0.654 e. The fourth-order valence-electron chi connectivity index (χ4n) is 8.21. The minimum atomic E-state index is 0. The molecule has 0 aliphatic heterocycles. The monoisotopic (exact) mass is 758 g/mol. The van der Waals surface area contributed by atoms with Gasteiger partial charge in [-0.05, 0) is 91.5 Å². The van der Waals surface area contributed by atoms with E-state index in [4.69, 9.17) is 5.32 Å².